The highest BCUT2D eigenvalue weighted by Gasteiger charge is 2.09. The Bertz CT molecular complexity index is 1190. The van der Waals surface area contributed by atoms with E-state index in [0.717, 1.165) is 45.8 Å². The number of carbonyl (C=O) groups excluding carboxylic acids is 1. The minimum absolute atomic E-state index is 0.429. The average molecular weight is 376 g/mol. The fraction of sp³-hybridized carbons (Fsp3) is 0.136. The van der Waals surface area contributed by atoms with Crippen LogP contribution in [0.1, 0.15) is 27.0 Å². The molecule has 0 aliphatic carbocycles. The first-order chi connectivity index (χ1) is 13.0. The van der Waals surface area contributed by atoms with Gasteiger partial charge >= 0.3 is 0 Å². The zero-order valence-electron chi connectivity index (χ0n) is 14.9. The molecule has 0 unspecified atom stereocenters. The summed E-state index contributed by atoms with van der Waals surface area (Å²) in [6.07, 6.45) is 3.56. The molecule has 0 saturated heterocycles. The third kappa shape index (κ3) is 3.36. The molecule has 0 saturated carbocycles. The monoisotopic (exact) mass is 375 g/mol. The summed E-state index contributed by atoms with van der Waals surface area (Å²) in [6.45, 7) is 2.00. The number of carbonyl (C=O) groups is 1. The number of aromatic nitrogens is 2. The van der Waals surface area contributed by atoms with Crippen LogP contribution in [0.25, 0.3) is 21.8 Å². The molecule has 0 fully saturated rings. The second-order valence-corrected chi connectivity index (χ2v) is 7.01. The topological polar surface area (TPSA) is 68.9 Å². The summed E-state index contributed by atoms with van der Waals surface area (Å²) >= 11 is 5.55. The van der Waals surface area contributed by atoms with Gasteiger partial charge in [0.2, 0.25) is 0 Å². The Labute approximate surface area is 162 Å². The van der Waals surface area contributed by atoms with Gasteiger partial charge in [-0.2, -0.15) is 0 Å². The predicted molar refractivity (Wildman–Crippen MR) is 110 cm³/mol. The van der Waals surface area contributed by atoms with Crippen molar-refractivity contribution in [3.8, 4) is 0 Å². The van der Waals surface area contributed by atoms with E-state index in [2.05, 4.69) is 16.0 Å². The van der Waals surface area contributed by atoms with Gasteiger partial charge in [-0.3, -0.25) is 9.78 Å². The zero-order chi connectivity index (χ0) is 19.0. The van der Waals surface area contributed by atoms with Crippen LogP contribution >= 0.6 is 11.6 Å². The van der Waals surface area contributed by atoms with Crippen molar-refractivity contribution in [1.29, 1.82) is 0 Å². The third-order valence-corrected chi connectivity index (χ3v) is 5.09. The van der Waals surface area contributed by atoms with E-state index in [1.807, 2.05) is 49.5 Å². The van der Waals surface area contributed by atoms with Crippen LogP contribution in [0.2, 0.25) is 0 Å². The molecule has 2 aromatic carbocycles. The number of hydrogen-bond acceptors (Lipinski definition) is 4. The van der Waals surface area contributed by atoms with E-state index in [1.165, 1.54) is 5.56 Å². The van der Waals surface area contributed by atoms with E-state index < -0.39 is 5.24 Å². The van der Waals surface area contributed by atoms with Gasteiger partial charge in [0.05, 0.1) is 5.52 Å². The number of para-hydroxylation sites is 1. The van der Waals surface area contributed by atoms with E-state index in [9.17, 15) is 4.79 Å². The van der Waals surface area contributed by atoms with Crippen molar-refractivity contribution in [3.63, 3.8) is 0 Å². The molecule has 4 aromatic rings. The van der Waals surface area contributed by atoms with Crippen LogP contribution in [0.3, 0.4) is 0 Å². The summed E-state index contributed by atoms with van der Waals surface area (Å²) < 4.78 is 0. The molecule has 2 N–H and O–H groups in total. The fourth-order valence-corrected chi connectivity index (χ4v) is 3.53. The van der Waals surface area contributed by atoms with Crippen LogP contribution in [0.5, 0.6) is 0 Å². The Balaban J connectivity index is 1.67. The number of nitrogens with zero attached hydrogens (tertiary/aromatic N) is 2. The zero-order valence-corrected chi connectivity index (χ0v) is 15.6. The fourth-order valence-electron chi connectivity index (χ4n) is 3.41. The van der Waals surface area contributed by atoms with E-state index in [0.29, 0.717) is 11.4 Å². The number of fused-ring (bicyclic) bond motifs is 3. The van der Waals surface area contributed by atoms with Crippen LogP contribution in [0.4, 0.5) is 5.82 Å². The molecule has 5 heteroatoms. The van der Waals surface area contributed by atoms with Gasteiger partial charge < -0.3 is 5.73 Å². The summed E-state index contributed by atoms with van der Waals surface area (Å²) in [6, 6.07) is 15.7. The molecule has 4 nitrogen and oxygen atoms in total. The first-order valence-electron chi connectivity index (χ1n) is 8.75. The highest BCUT2D eigenvalue weighted by atomic mass is 35.5. The summed E-state index contributed by atoms with van der Waals surface area (Å²) in [4.78, 5) is 20.3. The smallest absolute Gasteiger partial charge is 0.252 e. The molecule has 2 aromatic heterocycles. The average Bonchev–Trinajstić information content (AvgIpc) is 2.67. The Hall–Kier alpha value is -2.98. The summed E-state index contributed by atoms with van der Waals surface area (Å²) in [5, 5.41) is 1.65. The number of nitrogens with two attached hydrogens (primary N) is 1. The molecule has 0 amide bonds. The quantitative estimate of drug-likeness (QED) is 0.409. The number of aryl methyl sites for hydroxylation is 3. The lowest BCUT2D eigenvalue weighted by Crippen LogP contribution is -1.99. The highest BCUT2D eigenvalue weighted by molar-refractivity contribution is 6.67. The van der Waals surface area contributed by atoms with E-state index in [-0.39, 0.29) is 0 Å². The van der Waals surface area contributed by atoms with Gasteiger partial charge in [0.1, 0.15) is 5.52 Å². The number of benzene rings is 2. The maximum absolute atomic E-state index is 11.3. The summed E-state index contributed by atoms with van der Waals surface area (Å²) in [7, 11) is 0. The number of halogens is 1. The normalized spacial score (nSPS) is 11.2. The summed E-state index contributed by atoms with van der Waals surface area (Å²) in [5.41, 5.74) is 11.6. The largest absolute Gasteiger partial charge is 0.382 e. The lowest BCUT2D eigenvalue weighted by atomic mass is 9.98. The van der Waals surface area contributed by atoms with Crippen molar-refractivity contribution in [2.75, 3.05) is 5.73 Å². The van der Waals surface area contributed by atoms with Crippen molar-refractivity contribution < 1.29 is 4.79 Å². The number of nitrogen functional groups attached to an aromatic ring is 1. The molecular formula is C22H18ClN3O. The van der Waals surface area contributed by atoms with Gasteiger partial charge in [0.15, 0.2) is 5.82 Å². The van der Waals surface area contributed by atoms with Gasteiger partial charge in [-0.05, 0) is 72.3 Å². The SMILES string of the molecule is Cc1cc(C(=O)Cl)ccc1CCc1cnc2c(N)nc3ccccc3c2c1. The van der Waals surface area contributed by atoms with Gasteiger partial charge in [0.25, 0.3) is 5.24 Å². The first kappa shape index (κ1) is 17.4. The van der Waals surface area contributed by atoms with Crippen molar-refractivity contribution in [1.82, 2.24) is 9.97 Å². The molecular weight excluding hydrogens is 358 g/mol. The van der Waals surface area contributed by atoms with Crippen LogP contribution in [-0.4, -0.2) is 15.2 Å². The van der Waals surface area contributed by atoms with E-state index >= 15 is 0 Å². The standard InChI is InChI=1S/C22H18ClN3O/c1-13-10-16(21(23)27)9-8-15(13)7-6-14-11-18-17-4-2-3-5-19(17)26-22(24)20(18)25-12-14/h2-5,8-12H,6-7H2,1H3,(H2,24,26). The second-order valence-electron chi connectivity index (χ2n) is 6.67. The Morgan fingerprint density at radius 1 is 1.07 bits per heavy atom. The maximum atomic E-state index is 11.3. The molecule has 0 aliphatic rings. The van der Waals surface area contributed by atoms with Crippen LogP contribution in [0, 0.1) is 6.92 Å². The summed E-state index contributed by atoms with van der Waals surface area (Å²) in [5.74, 6) is 0.451. The first-order valence-corrected chi connectivity index (χ1v) is 9.13. The molecule has 4 rings (SSSR count). The molecule has 0 radical (unpaired) electrons. The van der Waals surface area contributed by atoms with E-state index in [1.54, 1.807) is 6.07 Å². The molecule has 27 heavy (non-hydrogen) atoms. The number of anilines is 1. The van der Waals surface area contributed by atoms with Crippen molar-refractivity contribution >= 4 is 44.5 Å². The van der Waals surface area contributed by atoms with Crippen LogP contribution < -0.4 is 5.73 Å². The highest BCUT2D eigenvalue weighted by Crippen LogP contribution is 2.27. The number of pyridine rings is 2. The molecule has 0 spiro atoms. The molecule has 0 aliphatic heterocycles. The minimum Gasteiger partial charge on any atom is -0.382 e. The van der Waals surface area contributed by atoms with Crippen molar-refractivity contribution in [3.05, 3.63) is 77.0 Å². The van der Waals surface area contributed by atoms with Crippen molar-refractivity contribution in [2.24, 2.45) is 0 Å². The third-order valence-electron chi connectivity index (χ3n) is 4.87. The Kier molecular flexibility index (Phi) is 4.50. The van der Waals surface area contributed by atoms with Crippen molar-refractivity contribution in [2.45, 2.75) is 19.8 Å². The van der Waals surface area contributed by atoms with Gasteiger partial charge in [-0.15, -0.1) is 0 Å². The van der Waals surface area contributed by atoms with Gasteiger partial charge in [-0.25, -0.2) is 4.98 Å². The van der Waals surface area contributed by atoms with Crippen LogP contribution in [0.15, 0.2) is 54.7 Å². The molecule has 134 valence electrons. The van der Waals surface area contributed by atoms with E-state index in [4.69, 9.17) is 17.3 Å². The lowest BCUT2D eigenvalue weighted by molar-refractivity contribution is 0.108. The predicted octanol–water partition coefficient (Wildman–Crippen LogP) is 4.84. The Morgan fingerprint density at radius 3 is 2.67 bits per heavy atom. The Morgan fingerprint density at radius 2 is 1.89 bits per heavy atom. The maximum Gasteiger partial charge on any atom is 0.252 e. The van der Waals surface area contributed by atoms with Crippen LogP contribution in [-0.2, 0) is 12.8 Å². The van der Waals surface area contributed by atoms with Gasteiger partial charge in [-0.1, -0.05) is 24.3 Å². The molecule has 0 atom stereocenters. The molecule has 0 bridgehead atoms. The minimum atomic E-state index is -0.429. The van der Waals surface area contributed by atoms with Gasteiger partial charge in [0, 0.05) is 22.5 Å². The number of rotatable bonds is 4. The molecule has 2 heterocycles. The number of hydrogen-bond donors (Lipinski definition) is 1. The second kappa shape index (κ2) is 6.97. The lowest BCUT2D eigenvalue weighted by Gasteiger charge is -2.10.